The van der Waals surface area contributed by atoms with Gasteiger partial charge in [-0.05, 0) is 37.5 Å². The van der Waals surface area contributed by atoms with Gasteiger partial charge in [-0.1, -0.05) is 30.9 Å². The average molecular weight is 272 g/mol. The molecule has 0 heterocycles. The first-order valence-corrected chi connectivity index (χ1v) is 6.65. The van der Waals surface area contributed by atoms with Crippen LogP contribution in [0.5, 0.6) is 0 Å². The van der Waals surface area contributed by atoms with E-state index in [1.54, 1.807) is 18.3 Å². The first kappa shape index (κ1) is 15.7. The predicted octanol–water partition coefficient (Wildman–Crippen LogP) is 2.40. The van der Waals surface area contributed by atoms with Crippen LogP contribution in [-0.4, -0.2) is 18.4 Å². The molecule has 0 spiro atoms. The minimum Gasteiger partial charge on any atom is -0.352 e. The first-order chi connectivity index (χ1) is 9.74. The lowest BCUT2D eigenvalue weighted by molar-refractivity contribution is -0.115. The first-order valence-electron chi connectivity index (χ1n) is 6.65. The molecule has 2 N–H and O–H groups in total. The number of benzene rings is 1. The highest BCUT2D eigenvalue weighted by molar-refractivity contribution is 5.94. The summed E-state index contributed by atoms with van der Waals surface area (Å²) in [5.74, 6) is -0.254. The van der Waals surface area contributed by atoms with Gasteiger partial charge in [0.25, 0.3) is 5.91 Å². The van der Waals surface area contributed by atoms with Gasteiger partial charge < -0.3 is 10.6 Å². The molecule has 0 aromatic heterocycles. The van der Waals surface area contributed by atoms with Crippen LogP contribution in [0.25, 0.3) is 0 Å². The summed E-state index contributed by atoms with van der Waals surface area (Å²) in [6.45, 7) is 4.01. The van der Waals surface area contributed by atoms with E-state index in [9.17, 15) is 9.59 Å². The second kappa shape index (κ2) is 9.55. The molecule has 2 amide bonds. The third kappa shape index (κ3) is 6.54. The fraction of sp³-hybridized carbons (Fsp3) is 0.250. The Morgan fingerprint density at radius 2 is 1.90 bits per heavy atom. The molecule has 0 aliphatic heterocycles. The Hall–Kier alpha value is -2.36. The van der Waals surface area contributed by atoms with Crippen molar-refractivity contribution in [2.45, 2.75) is 19.3 Å². The lowest BCUT2D eigenvalue weighted by Gasteiger charge is -2.04. The maximum Gasteiger partial charge on any atom is 0.251 e. The molecular formula is C16H20N2O2. The van der Waals surface area contributed by atoms with E-state index in [1.165, 1.54) is 6.08 Å². The van der Waals surface area contributed by atoms with E-state index < -0.39 is 0 Å². The van der Waals surface area contributed by atoms with Crippen molar-refractivity contribution >= 4 is 11.8 Å². The normalized spacial score (nSPS) is 10.2. The average Bonchev–Trinajstić information content (AvgIpc) is 2.50. The van der Waals surface area contributed by atoms with Gasteiger partial charge in [0.05, 0.1) is 0 Å². The van der Waals surface area contributed by atoms with Crippen LogP contribution in [0.15, 0.2) is 55.3 Å². The quantitative estimate of drug-likeness (QED) is 0.564. The summed E-state index contributed by atoms with van der Waals surface area (Å²) in [6.07, 6.45) is 7.45. The summed E-state index contributed by atoms with van der Waals surface area (Å²) < 4.78 is 0. The molecule has 0 fully saturated rings. The SMILES string of the molecule is C=CC(=O)NC=CCCCCNC(=O)c1ccccc1. The van der Waals surface area contributed by atoms with Gasteiger partial charge >= 0.3 is 0 Å². The van der Waals surface area contributed by atoms with Gasteiger partial charge in [-0.2, -0.15) is 0 Å². The number of nitrogens with one attached hydrogen (secondary N) is 2. The van der Waals surface area contributed by atoms with Crippen molar-refractivity contribution in [1.82, 2.24) is 10.6 Å². The summed E-state index contributed by atoms with van der Waals surface area (Å²) in [6, 6.07) is 9.16. The van der Waals surface area contributed by atoms with Crippen LogP contribution >= 0.6 is 0 Å². The minimum atomic E-state index is -0.212. The van der Waals surface area contributed by atoms with E-state index in [-0.39, 0.29) is 11.8 Å². The molecule has 0 aliphatic carbocycles. The second-order valence-electron chi connectivity index (χ2n) is 4.23. The summed E-state index contributed by atoms with van der Waals surface area (Å²) in [5.41, 5.74) is 0.680. The number of unbranched alkanes of at least 4 members (excludes halogenated alkanes) is 2. The van der Waals surface area contributed by atoms with Gasteiger partial charge in [-0.3, -0.25) is 9.59 Å². The van der Waals surface area contributed by atoms with Gasteiger partial charge in [0.2, 0.25) is 5.91 Å². The zero-order valence-electron chi connectivity index (χ0n) is 11.5. The molecule has 0 bridgehead atoms. The third-order valence-electron chi connectivity index (χ3n) is 2.65. The van der Waals surface area contributed by atoms with E-state index >= 15 is 0 Å². The van der Waals surface area contributed by atoms with Gasteiger partial charge in [-0.25, -0.2) is 0 Å². The van der Waals surface area contributed by atoms with E-state index in [2.05, 4.69) is 17.2 Å². The zero-order valence-corrected chi connectivity index (χ0v) is 11.5. The molecule has 20 heavy (non-hydrogen) atoms. The molecule has 4 nitrogen and oxygen atoms in total. The smallest absolute Gasteiger partial charge is 0.251 e. The van der Waals surface area contributed by atoms with Crippen molar-refractivity contribution in [3.63, 3.8) is 0 Å². The summed E-state index contributed by atoms with van der Waals surface area (Å²) >= 11 is 0. The van der Waals surface area contributed by atoms with Crippen LogP contribution in [-0.2, 0) is 4.79 Å². The molecule has 0 saturated heterocycles. The largest absolute Gasteiger partial charge is 0.352 e. The highest BCUT2D eigenvalue weighted by Crippen LogP contribution is 1.99. The molecule has 106 valence electrons. The second-order valence-corrected chi connectivity index (χ2v) is 4.23. The van der Waals surface area contributed by atoms with Gasteiger partial charge in [0.1, 0.15) is 0 Å². The number of allylic oxidation sites excluding steroid dienone is 1. The Morgan fingerprint density at radius 3 is 2.60 bits per heavy atom. The number of carbonyl (C=O) groups excluding carboxylic acids is 2. The van der Waals surface area contributed by atoms with Crippen LogP contribution in [0.1, 0.15) is 29.6 Å². The Morgan fingerprint density at radius 1 is 1.15 bits per heavy atom. The highest BCUT2D eigenvalue weighted by atomic mass is 16.2. The van der Waals surface area contributed by atoms with Crippen LogP contribution < -0.4 is 10.6 Å². The number of amides is 2. The molecule has 0 radical (unpaired) electrons. The third-order valence-corrected chi connectivity index (χ3v) is 2.65. The fourth-order valence-electron chi connectivity index (χ4n) is 1.56. The van der Waals surface area contributed by atoms with Crippen LogP contribution in [0.4, 0.5) is 0 Å². The van der Waals surface area contributed by atoms with Crippen LogP contribution in [0, 0.1) is 0 Å². The number of hydrogen-bond donors (Lipinski definition) is 2. The molecule has 0 aliphatic rings. The van der Waals surface area contributed by atoms with E-state index in [0.717, 1.165) is 19.3 Å². The minimum absolute atomic E-state index is 0.0422. The lowest BCUT2D eigenvalue weighted by Crippen LogP contribution is -2.24. The maximum absolute atomic E-state index is 11.7. The lowest BCUT2D eigenvalue weighted by atomic mass is 10.2. The van der Waals surface area contributed by atoms with Crippen molar-refractivity contribution in [3.8, 4) is 0 Å². The highest BCUT2D eigenvalue weighted by Gasteiger charge is 2.01. The van der Waals surface area contributed by atoms with Crippen molar-refractivity contribution < 1.29 is 9.59 Å². The standard InChI is InChI=1S/C16H20N2O2/c1-2-15(19)17-12-8-3-4-9-13-18-16(20)14-10-6-5-7-11-14/h2,5-8,10-12H,1,3-4,9,13H2,(H,17,19)(H,18,20). The van der Waals surface area contributed by atoms with E-state index in [4.69, 9.17) is 0 Å². The molecule has 0 atom stereocenters. The molecule has 1 aromatic carbocycles. The molecular weight excluding hydrogens is 252 g/mol. The van der Waals surface area contributed by atoms with Gasteiger partial charge in [0, 0.05) is 18.3 Å². The summed E-state index contributed by atoms with van der Waals surface area (Å²) in [4.78, 5) is 22.5. The molecule has 1 rings (SSSR count). The van der Waals surface area contributed by atoms with Crippen LogP contribution in [0.2, 0.25) is 0 Å². The molecule has 4 heteroatoms. The van der Waals surface area contributed by atoms with Crippen LogP contribution in [0.3, 0.4) is 0 Å². The van der Waals surface area contributed by atoms with Crippen molar-refractivity contribution in [1.29, 1.82) is 0 Å². The number of rotatable bonds is 8. The van der Waals surface area contributed by atoms with Gasteiger partial charge in [-0.15, -0.1) is 0 Å². The molecule has 1 aromatic rings. The Balaban J connectivity index is 2.06. The predicted molar refractivity (Wildman–Crippen MR) is 80.1 cm³/mol. The molecule has 0 unspecified atom stereocenters. The fourth-order valence-corrected chi connectivity index (χ4v) is 1.56. The van der Waals surface area contributed by atoms with E-state index in [0.29, 0.717) is 12.1 Å². The Kier molecular flexibility index (Phi) is 7.50. The van der Waals surface area contributed by atoms with Crippen molar-refractivity contribution in [2.75, 3.05) is 6.54 Å². The van der Waals surface area contributed by atoms with Crippen molar-refractivity contribution in [2.24, 2.45) is 0 Å². The Bertz CT molecular complexity index is 467. The Labute approximate surface area is 119 Å². The maximum atomic E-state index is 11.7. The monoisotopic (exact) mass is 272 g/mol. The van der Waals surface area contributed by atoms with Crippen molar-refractivity contribution in [3.05, 3.63) is 60.8 Å². The van der Waals surface area contributed by atoms with E-state index in [1.807, 2.05) is 24.3 Å². The zero-order chi connectivity index (χ0) is 14.6. The molecule has 0 saturated carbocycles. The van der Waals surface area contributed by atoms with Gasteiger partial charge in [0.15, 0.2) is 0 Å². The topological polar surface area (TPSA) is 58.2 Å². The summed E-state index contributed by atoms with van der Waals surface area (Å²) in [5, 5.41) is 5.43. The number of carbonyl (C=O) groups is 2. The number of hydrogen-bond acceptors (Lipinski definition) is 2. The summed E-state index contributed by atoms with van der Waals surface area (Å²) in [7, 11) is 0.